The normalized spacial score (nSPS) is 13.6. The number of carbonyl (C=O) groups excluding carboxylic acids is 2. The lowest BCUT2D eigenvalue weighted by molar-refractivity contribution is 0.0746. The van der Waals surface area contributed by atoms with Gasteiger partial charge in [0.2, 0.25) is 0 Å². The Bertz CT molecular complexity index is 1110. The summed E-state index contributed by atoms with van der Waals surface area (Å²) in [5, 5.41) is 3.37. The number of carbonyl (C=O) groups is 2. The number of methoxy groups -OCH3 is 1. The minimum atomic E-state index is -0.250. The van der Waals surface area contributed by atoms with Gasteiger partial charge in [0.15, 0.2) is 0 Å². The lowest BCUT2D eigenvalue weighted by Crippen LogP contribution is -2.49. The summed E-state index contributed by atoms with van der Waals surface area (Å²) >= 11 is 6.17. The Morgan fingerprint density at radius 3 is 2.25 bits per heavy atom. The summed E-state index contributed by atoms with van der Waals surface area (Å²) in [7, 11) is 1.53. The van der Waals surface area contributed by atoms with Crippen LogP contribution in [0.25, 0.3) is 0 Å². The van der Waals surface area contributed by atoms with E-state index in [2.05, 4.69) is 10.2 Å². The van der Waals surface area contributed by atoms with Crippen LogP contribution in [-0.2, 0) is 0 Å². The molecular formula is C25H24ClN3O3. The first-order valence-electron chi connectivity index (χ1n) is 10.4. The number of benzene rings is 3. The fourth-order valence-electron chi connectivity index (χ4n) is 3.77. The molecule has 2 amide bonds. The van der Waals surface area contributed by atoms with Crippen molar-refractivity contribution in [3.05, 3.63) is 88.9 Å². The second kappa shape index (κ2) is 9.75. The number of para-hydroxylation sites is 2. The fraction of sp³-hybridized carbons (Fsp3) is 0.200. The van der Waals surface area contributed by atoms with Crippen molar-refractivity contribution in [3.8, 4) is 5.75 Å². The molecule has 4 rings (SSSR count). The first-order chi connectivity index (χ1) is 15.6. The van der Waals surface area contributed by atoms with Gasteiger partial charge in [-0.2, -0.15) is 0 Å². The topological polar surface area (TPSA) is 61.9 Å². The zero-order valence-electron chi connectivity index (χ0n) is 17.8. The highest BCUT2D eigenvalue weighted by molar-refractivity contribution is 6.32. The lowest BCUT2D eigenvalue weighted by atomic mass is 10.1. The third kappa shape index (κ3) is 4.70. The number of halogens is 1. The zero-order chi connectivity index (χ0) is 22.5. The van der Waals surface area contributed by atoms with Gasteiger partial charge in [-0.05, 0) is 42.5 Å². The van der Waals surface area contributed by atoms with E-state index in [9.17, 15) is 9.59 Å². The van der Waals surface area contributed by atoms with Gasteiger partial charge >= 0.3 is 0 Å². The van der Waals surface area contributed by atoms with Crippen molar-refractivity contribution in [2.75, 3.05) is 43.5 Å². The van der Waals surface area contributed by atoms with E-state index in [0.29, 0.717) is 53.8 Å². The molecular weight excluding hydrogens is 426 g/mol. The first-order valence-corrected chi connectivity index (χ1v) is 10.8. The number of nitrogens with zero attached hydrogens (tertiary/aromatic N) is 2. The molecule has 0 unspecified atom stereocenters. The number of amides is 2. The molecule has 0 bridgehead atoms. The van der Waals surface area contributed by atoms with Crippen molar-refractivity contribution < 1.29 is 14.3 Å². The van der Waals surface area contributed by atoms with Crippen molar-refractivity contribution in [2.24, 2.45) is 0 Å². The first kappa shape index (κ1) is 21.7. The molecule has 1 aliphatic rings. The van der Waals surface area contributed by atoms with Crippen LogP contribution < -0.4 is 15.0 Å². The van der Waals surface area contributed by atoms with Gasteiger partial charge in [-0.15, -0.1) is 0 Å². The molecule has 32 heavy (non-hydrogen) atoms. The summed E-state index contributed by atoms with van der Waals surface area (Å²) in [4.78, 5) is 29.6. The zero-order valence-corrected chi connectivity index (χ0v) is 18.5. The lowest BCUT2D eigenvalue weighted by Gasteiger charge is -2.37. The predicted octanol–water partition coefficient (Wildman–Crippen LogP) is 4.56. The van der Waals surface area contributed by atoms with Crippen LogP contribution in [0.3, 0.4) is 0 Å². The summed E-state index contributed by atoms with van der Waals surface area (Å²) in [5.74, 6) is 0.314. The quantitative estimate of drug-likeness (QED) is 0.620. The molecule has 0 radical (unpaired) electrons. The average molecular weight is 450 g/mol. The van der Waals surface area contributed by atoms with Gasteiger partial charge in [-0.3, -0.25) is 9.59 Å². The van der Waals surface area contributed by atoms with Crippen molar-refractivity contribution >= 4 is 34.8 Å². The molecule has 1 N–H and O–H groups in total. The van der Waals surface area contributed by atoms with Gasteiger partial charge in [0.05, 0.1) is 23.5 Å². The van der Waals surface area contributed by atoms with Crippen molar-refractivity contribution in [1.29, 1.82) is 0 Å². The number of nitrogens with one attached hydrogen (secondary N) is 1. The van der Waals surface area contributed by atoms with Crippen LogP contribution in [0, 0.1) is 0 Å². The molecule has 0 spiro atoms. The minimum Gasteiger partial charge on any atom is -0.495 e. The second-order valence-electron chi connectivity index (χ2n) is 7.47. The smallest absolute Gasteiger partial charge is 0.255 e. The Morgan fingerprint density at radius 1 is 0.875 bits per heavy atom. The average Bonchev–Trinajstić information content (AvgIpc) is 2.84. The van der Waals surface area contributed by atoms with Crippen molar-refractivity contribution in [2.45, 2.75) is 0 Å². The molecule has 1 heterocycles. The molecule has 1 saturated heterocycles. The Labute approximate surface area is 192 Å². The highest BCUT2D eigenvalue weighted by atomic mass is 35.5. The summed E-state index contributed by atoms with van der Waals surface area (Å²) < 4.78 is 5.15. The summed E-state index contributed by atoms with van der Waals surface area (Å²) in [5.41, 5.74) is 2.79. The van der Waals surface area contributed by atoms with Crippen LogP contribution in [0.15, 0.2) is 72.8 Å². The number of ether oxygens (including phenoxy) is 1. The van der Waals surface area contributed by atoms with Crippen LogP contribution >= 0.6 is 11.6 Å². The van der Waals surface area contributed by atoms with E-state index in [-0.39, 0.29) is 11.8 Å². The highest BCUT2D eigenvalue weighted by Gasteiger charge is 2.24. The van der Waals surface area contributed by atoms with Crippen LogP contribution in [0.1, 0.15) is 20.7 Å². The van der Waals surface area contributed by atoms with Gasteiger partial charge < -0.3 is 19.9 Å². The van der Waals surface area contributed by atoms with E-state index in [0.717, 1.165) is 5.69 Å². The maximum Gasteiger partial charge on any atom is 0.255 e. The highest BCUT2D eigenvalue weighted by Crippen LogP contribution is 2.29. The number of hydrogen-bond acceptors (Lipinski definition) is 4. The fourth-order valence-corrected chi connectivity index (χ4v) is 4.03. The molecule has 6 nitrogen and oxygen atoms in total. The molecule has 0 aliphatic carbocycles. The van der Waals surface area contributed by atoms with Gasteiger partial charge in [0.1, 0.15) is 5.75 Å². The molecule has 0 aromatic heterocycles. The van der Waals surface area contributed by atoms with E-state index in [1.165, 1.54) is 7.11 Å². The minimum absolute atomic E-state index is 0.0447. The molecule has 3 aromatic rings. The van der Waals surface area contributed by atoms with Crippen molar-refractivity contribution in [1.82, 2.24) is 4.90 Å². The van der Waals surface area contributed by atoms with Crippen LogP contribution in [0.5, 0.6) is 5.75 Å². The standard InChI is InChI=1S/C25H24ClN3O3/c1-32-23-12-11-19(17-20(23)26)24(30)27-21-9-5-6-10-22(21)28-13-15-29(16-14-28)25(31)18-7-3-2-4-8-18/h2-12,17H,13-16H2,1H3,(H,27,30). The summed E-state index contributed by atoms with van der Waals surface area (Å²) in [6.07, 6.45) is 0. The van der Waals surface area contributed by atoms with Gasteiger partial charge in [-0.1, -0.05) is 41.9 Å². The Kier molecular flexibility index (Phi) is 6.61. The van der Waals surface area contributed by atoms with E-state index in [1.54, 1.807) is 18.2 Å². The summed E-state index contributed by atoms with van der Waals surface area (Å²) in [6, 6.07) is 21.9. The van der Waals surface area contributed by atoms with Crippen LogP contribution in [-0.4, -0.2) is 50.0 Å². The Balaban J connectivity index is 1.44. The van der Waals surface area contributed by atoms with Gasteiger partial charge in [-0.25, -0.2) is 0 Å². The van der Waals surface area contributed by atoms with Crippen LogP contribution in [0.2, 0.25) is 5.02 Å². The summed E-state index contributed by atoms with van der Waals surface area (Å²) in [6.45, 7) is 2.59. The van der Waals surface area contributed by atoms with Crippen molar-refractivity contribution in [3.63, 3.8) is 0 Å². The maximum absolute atomic E-state index is 12.8. The molecule has 1 aliphatic heterocycles. The van der Waals surface area contributed by atoms with Gasteiger partial charge in [0, 0.05) is 37.3 Å². The maximum atomic E-state index is 12.8. The molecule has 0 atom stereocenters. The monoisotopic (exact) mass is 449 g/mol. The van der Waals surface area contributed by atoms with Crippen LogP contribution in [0.4, 0.5) is 11.4 Å². The predicted molar refractivity (Wildman–Crippen MR) is 127 cm³/mol. The Hall–Kier alpha value is -3.51. The largest absolute Gasteiger partial charge is 0.495 e. The SMILES string of the molecule is COc1ccc(C(=O)Nc2ccccc2N2CCN(C(=O)c3ccccc3)CC2)cc1Cl. The van der Waals surface area contributed by atoms with E-state index in [4.69, 9.17) is 16.3 Å². The molecule has 164 valence electrons. The number of rotatable bonds is 5. The van der Waals surface area contributed by atoms with Gasteiger partial charge in [0.25, 0.3) is 11.8 Å². The second-order valence-corrected chi connectivity index (χ2v) is 7.87. The Morgan fingerprint density at radius 2 is 1.56 bits per heavy atom. The third-order valence-corrected chi connectivity index (χ3v) is 5.79. The van der Waals surface area contributed by atoms with E-state index >= 15 is 0 Å². The molecule has 0 saturated carbocycles. The third-order valence-electron chi connectivity index (χ3n) is 5.49. The van der Waals surface area contributed by atoms with E-state index in [1.807, 2.05) is 59.5 Å². The number of piperazine rings is 1. The van der Waals surface area contributed by atoms with E-state index < -0.39 is 0 Å². The molecule has 7 heteroatoms. The molecule has 3 aromatic carbocycles. The number of hydrogen-bond donors (Lipinski definition) is 1. The number of anilines is 2. The molecule has 1 fully saturated rings.